The lowest BCUT2D eigenvalue weighted by Gasteiger charge is -2.35. The lowest BCUT2D eigenvalue weighted by atomic mass is 9.94. The summed E-state index contributed by atoms with van der Waals surface area (Å²) in [5, 5.41) is 11.0. The van der Waals surface area contributed by atoms with Gasteiger partial charge in [0, 0.05) is 22.9 Å². The largest absolute Gasteiger partial charge is 0.351 e. The number of carbonyl (C=O) groups excluding carboxylic acids is 1. The lowest BCUT2D eigenvalue weighted by Crippen LogP contribution is -2.46. The van der Waals surface area contributed by atoms with E-state index in [4.69, 9.17) is 12.2 Å². The number of carbonyl (C=O) groups is 1. The van der Waals surface area contributed by atoms with Crippen LogP contribution >= 0.6 is 28.1 Å². The number of anilines is 1. The van der Waals surface area contributed by atoms with Crippen molar-refractivity contribution in [3.8, 4) is 5.69 Å². The van der Waals surface area contributed by atoms with Crippen molar-refractivity contribution in [1.82, 2.24) is 25.0 Å². The number of aromatic nitrogens is 3. The summed E-state index contributed by atoms with van der Waals surface area (Å²) >= 11 is 8.89. The van der Waals surface area contributed by atoms with Crippen molar-refractivity contribution in [2.24, 2.45) is 0 Å². The highest BCUT2D eigenvalue weighted by molar-refractivity contribution is 9.10. The summed E-state index contributed by atoms with van der Waals surface area (Å²) < 4.78 is 2.63. The number of hydrogen-bond acceptors (Lipinski definition) is 4. The second-order valence-corrected chi connectivity index (χ2v) is 8.14. The fourth-order valence-electron chi connectivity index (χ4n) is 3.27. The Morgan fingerprint density at radius 3 is 2.50 bits per heavy atom. The fourth-order valence-corrected chi connectivity index (χ4v) is 3.79. The first-order valence-electron chi connectivity index (χ1n) is 9.21. The van der Waals surface area contributed by atoms with Crippen LogP contribution in [0, 0.1) is 0 Å². The molecule has 152 valence electrons. The topological polar surface area (TPSA) is 75.1 Å². The van der Waals surface area contributed by atoms with E-state index in [1.54, 1.807) is 11.0 Å². The van der Waals surface area contributed by atoms with Crippen LogP contribution in [0.1, 0.15) is 18.5 Å². The van der Waals surface area contributed by atoms with Crippen molar-refractivity contribution < 1.29 is 4.79 Å². The second-order valence-electron chi connectivity index (χ2n) is 6.83. The van der Waals surface area contributed by atoms with Crippen molar-refractivity contribution in [3.63, 3.8) is 0 Å². The minimum absolute atomic E-state index is 0.179. The van der Waals surface area contributed by atoms with E-state index >= 15 is 0 Å². The van der Waals surface area contributed by atoms with E-state index in [2.05, 4.69) is 36.6 Å². The first-order chi connectivity index (χ1) is 14.4. The van der Waals surface area contributed by atoms with E-state index in [9.17, 15) is 4.79 Å². The molecule has 2 aromatic carbocycles. The molecule has 1 aliphatic rings. The number of allylic oxidation sites excluding steroid dienone is 1. The third-order valence-corrected chi connectivity index (χ3v) is 5.93. The zero-order valence-corrected chi connectivity index (χ0v) is 18.7. The number of benzene rings is 2. The highest BCUT2D eigenvalue weighted by atomic mass is 79.9. The van der Waals surface area contributed by atoms with Gasteiger partial charge < -0.3 is 15.5 Å². The van der Waals surface area contributed by atoms with E-state index in [1.807, 2.05) is 67.4 Å². The van der Waals surface area contributed by atoms with Gasteiger partial charge in [-0.2, -0.15) is 5.10 Å². The van der Waals surface area contributed by atoms with Crippen LogP contribution in [0.25, 0.3) is 5.69 Å². The number of amides is 1. The standard InChI is InChI=1S/C21H19BrN6OS/c1-13-18(20(29)25-16-7-5-15(22)6-8-16)19(26-21(30)27(13)2)14-3-9-17(10-4-14)28-12-23-11-24-28/h3-12,19H,1-2H3,(H,25,29)(H,26,30)/t19-/m1/s1. The van der Waals surface area contributed by atoms with Gasteiger partial charge in [0.2, 0.25) is 0 Å². The smallest absolute Gasteiger partial charge is 0.255 e. The molecule has 1 amide bonds. The highest BCUT2D eigenvalue weighted by Crippen LogP contribution is 2.31. The average Bonchev–Trinajstić information content (AvgIpc) is 3.28. The minimum atomic E-state index is -0.367. The maximum atomic E-state index is 13.2. The molecule has 7 nitrogen and oxygen atoms in total. The molecule has 0 radical (unpaired) electrons. The summed E-state index contributed by atoms with van der Waals surface area (Å²) in [6.07, 6.45) is 3.13. The Balaban J connectivity index is 1.67. The summed E-state index contributed by atoms with van der Waals surface area (Å²) in [7, 11) is 1.85. The number of thiocarbonyl (C=S) groups is 1. The number of nitrogens with zero attached hydrogens (tertiary/aromatic N) is 4. The Labute approximate surface area is 187 Å². The molecule has 2 heterocycles. The molecule has 2 N–H and O–H groups in total. The summed E-state index contributed by atoms with van der Waals surface area (Å²) in [6.45, 7) is 1.90. The SMILES string of the molecule is CC1=C(C(=O)Nc2ccc(Br)cc2)[C@@H](c2ccc(-n3cncn3)cc2)NC(=S)N1C. The molecule has 4 rings (SSSR count). The molecule has 3 aromatic rings. The Morgan fingerprint density at radius 2 is 1.87 bits per heavy atom. The van der Waals surface area contributed by atoms with Crippen LogP contribution < -0.4 is 10.6 Å². The molecule has 0 spiro atoms. The third-order valence-electron chi connectivity index (χ3n) is 5.01. The normalized spacial score (nSPS) is 16.4. The van der Waals surface area contributed by atoms with E-state index < -0.39 is 0 Å². The average molecular weight is 483 g/mol. The number of halogens is 1. The quantitative estimate of drug-likeness (QED) is 0.550. The van der Waals surface area contributed by atoms with E-state index in [0.29, 0.717) is 10.7 Å². The maximum Gasteiger partial charge on any atom is 0.255 e. The Kier molecular flexibility index (Phi) is 5.65. The molecule has 1 aromatic heterocycles. The van der Waals surface area contributed by atoms with Crippen molar-refractivity contribution in [2.75, 3.05) is 12.4 Å². The number of rotatable bonds is 4. The van der Waals surface area contributed by atoms with Gasteiger partial charge >= 0.3 is 0 Å². The fraction of sp³-hybridized carbons (Fsp3) is 0.143. The lowest BCUT2D eigenvalue weighted by molar-refractivity contribution is -0.113. The Bertz CT molecular complexity index is 1110. The highest BCUT2D eigenvalue weighted by Gasteiger charge is 2.32. The molecular weight excluding hydrogens is 464 g/mol. The zero-order chi connectivity index (χ0) is 21.3. The number of hydrogen-bond donors (Lipinski definition) is 2. The van der Waals surface area contributed by atoms with E-state index in [0.717, 1.165) is 27.1 Å². The summed E-state index contributed by atoms with van der Waals surface area (Å²) in [5.41, 5.74) is 3.95. The van der Waals surface area contributed by atoms with Crippen LogP contribution in [0.3, 0.4) is 0 Å². The van der Waals surface area contributed by atoms with Gasteiger partial charge in [0.05, 0.1) is 17.3 Å². The van der Waals surface area contributed by atoms with Gasteiger partial charge in [0.25, 0.3) is 5.91 Å². The van der Waals surface area contributed by atoms with Crippen molar-refractivity contribution in [2.45, 2.75) is 13.0 Å². The van der Waals surface area contributed by atoms with Gasteiger partial charge in [-0.1, -0.05) is 28.1 Å². The molecule has 0 fully saturated rings. The number of nitrogens with one attached hydrogen (secondary N) is 2. The molecule has 0 bridgehead atoms. The van der Waals surface area contributed by atoms with Gasteiger partial charge in [-0.25, -0.2) is 9.67 Å². The molecule has 9 heteroatoms. The van der Waals surface area contributed by atoms with Crippen LogP contribution in [0.5, 0.6) is 0 Å². The van der Waals surface area contributed by atoms with Crippen LogP contribution in [-0.2, 0) is 4.79 Å². The van der Waals surface area contributed by atoms with Crippen molar-refractivity contribution >= 4 is 44.9 Å². The summed E-state index contributed by atoms with van der Waals surface area (Å²) in [4.78, 5) is 19.0. The van der Waals surface area contributed by atoms with Gasteiger partial charge in [0.1, 0.15) is 12.7 Å². The zero-order valence-electron chi connectivity index (χ0n) is 16.3. The molecule has 0 saturated carbocycles. The Morgan fingerprint density at radius 1 is 1.17 bits per heavy atom. The minimum Gasteiger partial charge on any atom is -0.351 e. The molecule has 1 aliphatic heterocycles. The van der Waals surface area contributed by atoms with Gasteiger partial charge in [-0.15, -0.1) is 0 Å². The second kappa shape index (κ2) is 8.37. The first kappa shape index (κ1) is 20.2. The molecule has 0 aliphatic carbocycles. The van der Waals surface area contributed by atoms with Crippen LogP contribution in [0.15, 0.2) is 76.9 Å². The third kappa shape index (κ3) is 3.99. The van der Waals surface area contributed by atoms with Gasteiger partial charge in [0.15, 0.2) is 5.11 Å². The monoisotopic (exact) mass is 482 g/mol. The molecular formula is C21H19BrN6OS. The molecule has 30 heavy (non-hydrogen) atoms. The predicted molar refractivity (Wildman–Crippen MR) is 123 cm³/mol. The summed E-state index contributed by atoms with van der Waals surface area (Å²) in [6, 6.07) is 14.9. The predicted octanol–water partition coefficient (Wildman–Crippen LogP) is 3.80. The van der Waals surface area contributed by atoms with Gasteiger partial charge in [-0.3, -0.25) is 4.79 Å². The molecule has 0 unspecified atom stereocenters. The molecule has 0 saturated heterocycles. The molecule has 1 atom stereocenters. The van der Waals surface area contributed by atoms with Crippen LogP contribution in [-0.4, -0.2) is 37.7 Å². The van der Waals surface area contributed by atoms with Gasteiger partial charge in [-0.05, 0) is 61.1 Å². The summed E-state index contributed by atoms with van der Waals surface area (Å²) in [5.74, 6) is -0.179. The first-order valence-corrected chi connectivity index (χ1v) is 10.4. The van der Waals surface area contributed by atoms with E-state index in [1.165, 1.54) is 6.33 Å². The van der Waals surface area contributed by atoms with Crippen LogP contribution in [0.4, 0.5) is 5.69 Å². The maximum absolute atomic E-state index is 13.2. The Hall–Kier alpha value is -3.04. The van der Waals surface area contributed by atoms with E-state index in [-0.39, 0.29) is 11.9 Å². The van der Waals surface area contributed by atoms with Crippen molar-refractivity contribution in [1.29, 1.82) is 0 Å². The van der Waals surface area contributed by atoms with Crippen LogP contribution in [0.2, 0.25) is 0 Å². The van der Waals surface area contributed by atoms with Crippen molar-refractivity contribution in [3.05, 3.63) is 82.5 Å².